The van der Waals surface area contributed by atoms with Gasteiger partial charge in [0.15, 0.2) is 0 Å². The summed E-state index contributed by atoms with van der Waals surface area (Å²) in [7, 11) is 1.50. The number of halogens is 2. The van der Waals surface area contributed by atoms with Crippen molar-refractivity contribution < 1.29 is 14.3 Å². The number of methoxy groups -OCH3 is 1. The van der Waals surface area contributed by atoms with Crippen LogP contribution in [0.25, 0.3) is 0 Å². The molecular formula is C16H23Cl2N3O3. The summed E-state index contributed by atoms with van der Waals surface area (Å²) in [5.41, 5.74) is 5.86. The largest absolute Gasteiger partial charge is 0.496 e. The van der Waals surface area contributed by atoms with E-state index in [1.54, 1.807) is 23.1 Å². The van der Waals surface area contributed by atoms with Gasteiger partial charge >= 0.3 is 0 Å². The van der Waals surface area contributed by atoms with Crippen LogP contribution in [0.3, 0.4) is 0 Å². The standard InChI is InChI=1S/C16H22ClN3O3.ClH/c1-23-14-9-12(17)4-5-13(14)16(22)20-8-2-3-11(10-20)15(21)19-7-6-18;/h4-5,9,11H,2-3,6-8,10,18H2,1H3,(H,19,21);1H. The summed E-state index contributed by atoms with van der Waals surface area (Å²) in [5.74, 6) is 0.0561. The Morgan fingerprint density at radius 2 is 2.21 bits per heavy atom. The van der Waals surface area contributed by atoms with Crippen LogP contribution in [0.15, 0.2) is 18.2 Å². The van der Waals surface area contributed by atoms with E-state index in [0.29, 0.717) is 42.5 Å². The quantitative estimate of drug-likeness (QED) is 0.819. The molecule has 1 heterocycles. The number of carbonyl (C=O) groups excluding carboxylic acids is 2. The van der Waals surface area contributed by atoms with Crippen LogP contribution in [-0.4, -0.2) is 50.0 Å². The Morgan fingerprint density at radius 3 is 2.88 bits per heavy atom. The molecular weight excluding hydrogens is 353 g/mol. The van der Waals surface area contributed by atoms with Crippen LogP contribution in [0.4, 0.5) is 0 Å². The van der Waals surface area contributed by atoms with Crippen LogP contribution in [-0.2, 0) is 4.79 Å². The van der Waals surface area contributed by atoms with E-state index in [1.807, 2.05) is 0 Å². The van der Waals surface area contributed by atoms with Crippen molar-refractivity contribution in [1.29, 1.82) is 0 Å². The Bertz CT molecular complexity index is 584. The highest BCUT2D eigenvalue weighted by atomic mass is 35.5. The highest BCUT2D eigenvalue weighted by molar-refractivity contribution is 6.30. The number of rotatable bonds is 5. The fraction of sp³-hybridized carbons (Fsp3) is 0.500. The number of hydrogen-bond acceptors (Lipinski definition) is 4. The summed E-state index contributed by atoms with van der Waals surface area (Å²) >= 11 is 5.93. The van der Waals surface area contributed by atoms with Gasteiger partial charge in [0.05, 0.1) is 18.6 Å². The van der Waals surface area contributed by atoms with E-state index in [0.717, 1.165) is 12.8 Å². The van der Waals surface area contributed by atoms with Crippen LogP contribution in [0, 0.1) is 5.92 Å². The number of likely N-dealkylation sites (tertiary alicyclic amines) is 1. The number of benzene rings is 1. The number of amides is 2. The maximum absolute atomic E-state index is 12.7. The van der Waals surface area contributed by atoms with Gasteiger partial charge in [0, 0.05) is 31.2 Å². The molecule has 1 unspecified atom stereocenters. The summed E-state index contributed by atoms with van der Waals surface area (Å²) < 4.78 is 5.24. The number of piperidine rings is 1. The van der Waals surface area contributed by atoms with Gasteiger partial charge in [-0.1, -0.05) is 11.6 Å². The fourth-order valence-electron chi connectivity index (χ4n) is 2.73. The predicted octanol–water partition coefficient (Wildman–Crippen LogP) is 1.70. The highest BCUT2D eigenvalue weighted by Crippen LogP contribution is 2.26. The van der Waals surface area contributed by atoms with E-state index in [9.17, 15) is 9.59 Å². The van der Waals surface area contributed by atoms with E-state index in [4.69, 9.17) is 22.1 Å². The number of nitrogens with two attached hydrogens (primary N) is 1. The lowest BCUT2D eigenvalue weighted by molar-refractivity contribution is -0.126. The van der Waals surface area contributed by atoms with E-state index in [2.05, 4.69) is 5.32 Å². The summed E-state index contributed by atoms with van der Waals surface area (Å²) in [6, 6.07) is 4.93. The Balaban J connectivity index is 0.00000288. The molecule has 1 fully saturated rings. The van der Waals surface area contributed by atoms with Gasteiger partial charge in [-0.3, -0.25) is 9.59 Å². The fourth-order valence-corrected chi connectivity index (χ4v) is 2.89. The van der Waals surface area contributed by atoms with E-state index in [-0.39, 0.29) is 30.1 Å². The molecule has 2 amide bonds. The molecule has 8 heteroatoms. The number of nitrogens with one attached hydrogen (secondary N) is 1. The van der Waals surface area contributed by atoms with Crippen LogP contribution < -0.4 is 15.8 Å². The average molecular weight is 376 g/mol. The van der Waals surface area contributed by atoms with Crippen LogP contribution in [0.2, 0.25) is 5.02 Å². The molecule has 1 saturated heterocycles. The average Bonchev–Trinajstić information content (AvgIpc) is 2.59. The van der Waals surface area contributed by atoms with Gasteiger partial charge in [-0.15, -0.1) is 12.4 Å². The smallest absolute Gasteiger partial charge is 0.257 e. The molecule has 0 bridgehead atoms. The molecule has 1 atom stereocenters. The Kier molecular flexibility index (Phi) is 8.31. The zero-order chi connectivity index (χ0) is 16.8. The van der Waals surface area contributed by atoms with Gasteiger partial charge < -0.3 is 20.7 Å². The van der Waals surface area contributed by atoms with Crippen LogP contribution >= 0.6 is 24.0 Å². The number of ether oxygens (including phenoxy) is 1. The first-order valence-corrected chi connectivity index (χ1v) is 8.05. The maximum atomic E-state index is 12.7. The van der Waals surface area contributed by atoms with Crippen molar-refractivity contribution in [2.75, 3.05) is 33.3 Å². The van der Waals surface area contributed by atoms with Crippen molar-refractivity contribution in [2.45, 2.75) is 12.8 Å². The Hall–Kier alpha value is -1.50. The number of nitrogens with zero attached hydrogens (tertiary/aromatic N) is 1. The van der Waals surface area contributed by atoms with Gasteiger partial charge in [0.1, 0.15) is 5.75 Å². The second-order valence-corrected chi connectivity index (χ2v) is 5.95. The van der Waals surface area contributed by atoms with Crippen molar-refractivity contribution in [2.24, 2.45) is 11.7 Å². The molecule has 2 rings (SSSR count). The van der Waals surface area contributed by atoms with Crippen molar-refractivity contribution in [3.63, 3.8) is 0 Å². The molecule has 0 spiro atoms. The van der Waals surface area contributed by atoms with E-state index < -0.39 is 0 Å². The summed E-state index contributed by atoms with van der Waals surface area (Å²) in [6.45, 7) is 1.89. The summed E-state index contributed by atoms with van der Waals surface area (Å²) in [6.07, 6.45) is 1.57. The lowest BCUT2D eigenvalue weighted by Gasteiger charge is -2.32. The van der Waals surface area contributed by atoms with Crippen molar-refractivity contribution in [1.82, 2.24) is 10.2 Å². The zero-order valence-electron chi connectivity index (χ0n) is 13.6. The molecule has 0 aliphatic carbocycles. The van der Waals surface area contributed by atoms with Gasteiger partial charge in [-0.25, -0.2) is 0 Å². The molecule has 1 aliphatic rings. The predicted molar refractivity (Wildman–Crippen MR) is 95.9 cm³/mol. The SMILES string of the molecule is COc1cc(Cl)ccc1C(=O)N1CCCC(C(=O)NCCN)C1.Cl. The summed E-state index contributed by atoms with van der Waals surface area (Å²) in [4.78, 5) is 26.5. The lowest BCUT2D eigenvalue weighted by atomic mass is 9.96. The molecule has 24 heavy (non-hydrogen) atoms. The molecule has 1 aromatic rings. The normalized spacial score (nSPS) is 17.0. The first-order chi connectivity index (χ1) is 11.1. The van der Waals surface area contributed by atoms with E-state index >= 15 is 0 Å². The minimum absolute atomic E-state index is 0. The molecule has 0 aromatic heterocycles. The topological polar surface area (TPSA) is 84.7 Å². The third-order valence-corrected chi connectivity index (χ3v) is 4.15. The monoisotopic (exact) mass is 375 g/mol. The number of hydrogen-bond donors (Lipinski definition) is 2. The molecule has 1 aliphatic heterocycles. The van der Waals surface area contributed by atoms with Crippen molar-refractivity contribution in [3.8, 4) is 5.75 Å². The highest BCUT2D eigenvalue weighted by Gasteiger charge is 2.29. The van der Waals surface area contributed by atoms with Crippen molar-refractivity contribution in [3.05, 3.63) is 28.8 Å². The molecule has 0 saturated carbocycles. The maximum Gasteiger partial charge on any atom is 0.257 e. The second-order valence-electron chi connectivity index (χ2n) is 5.51. The van der Waals surface area contributed by atoms with E-state index in [1.165, 1.54) is 7.11 Å². The second kappa shape index (κ2) is 9.71. The molecule has 134 valence electrons. The molecule has 3 N–H and O–H groups in total. The lowest BCUT2D eigenvalue weighted by Crippen LogP contribution is -2.46. The zero-order valence-corrected chi connectivity index (χ0v) is 15.2. The molecule has 1 aromatic carbocycles. The van der Waals surface area contributed by atoms with Crippen molar-refractivity contribution >= 4 is 35.8 Å². The first kappa shape index (κ1) is 20.5. The third-order valence-electron chi connectivity index (χ3n) is 3.92. The molecule has 6 nitrogen and oxygen atoms in total. The Labute approximate surface area is 153 Å². The Morgan fingerprint density at radius 1 is 1.46 bits per heavy atom. The van der Waals surface area contributed by atoms with Gasteiger partial charge in [-0.05, 0) is 31.0 Å². The van der Waals surface area contributed by atoms with Crippen LogP contribution in [0.1, 0.15) is 23.2 Å². The van der Waals surface area contributed by atoms with Gasteiger partial charge in [0.2, 0.25) is 5.91 Å². The van der Waals surface area contributed by atoms with Crippen LogP contribution in [0.5, 0.6) is 5.75 Å². The summed E-state index contributed by atoms with van der Waals surface area (Å²) in [5, 5.41) is 3.30. The minimum Gasteiger partial charge on any atom is -0.496 e. The van der Waals surface area contributed by atoms with Gasteiger partial charge in [-0.2, -0.15) is 0 Å². The minimum atomic E-state index is -0.197. The third kappa shape index (κ3) is 5.00. The molecule has 0 radical (unpaired) electrons. The first-order valence-electron chi connectivity index (χ1n) is 7.67. The van der Waals surface area contributed by atoms with Gasteiger partial charge in [0.25, 0.3) is 5.91 Å². The number of carbonyl (C=O) groups is 2.